The topological polar surface area (TPSA) is 81.2 Å². The molecule has 0 atom stereocenters. The Balaban J connectivity index is 1.64. The van der Waals surface area contributed by atoms with Crippen molar-refractivity contribution < 1.29 is 9.21 Å². The second-order valence-corrected chi connectivity index (χ2v) is 4.85. The number of hydrogen-bond acceptors (Lipinski definition) is 4. The molecule has 1 saturated carbocycles. The van der Waals surface area contributed by atoms with Crippen LogP contribution in [0.4, 0.5) is 0 Å². The zero-order valence-electron chi connectivity index (χ0n) is 10.4. The van der Waals surface area contributed by atoms with Gasteiger partial charge in [-0.15, -0.1) is 0 Å². The van der Waals surface area contributed by atoms with Gasteiger partial charge < -0.3 is 15.5 Å². The van der Waals surface area contributed by atoms with Gasteiger partial charge in [0.2, 0.25) is 11.8 Å². The lowest BCUT2D eigenvalue weighted by Crippen LogP contribution is -2.42. The van der Waals surface area contributed by atoms with Gasteiger partial charge in [0.05, 0.1) is 17.8 Å². The molecule has 5 nitrogen and oxygen atoms in total. The summed E-state index contributed by atoms with van der Waals surface area (Å²) in [5, 5.41) is 2.78. The van der Waals surface area contributed by atoms with E-state index in [1.807, 2.05) is 30.3 Å². The number of oxazole rings is 1. The monoisotopic (exact) mass is 257 g/mol. The Morgan fingerprint density at radius 3 is 2.79 bits per heavy atom. The van der Waals surface area contributed by atoms with Crippen LogP contribution in [-0.2, 0) is 11.3 Å². The van der Waals surface area contributed by atoms with Gasteiger partial charge in [0.1, 0.15) is 6.26 Å². The quantitative estimate of drug-likeness (QED) is 0.868. The van der Waals surface area contributed by atoms with Crippen molar-refractivity contribution in [2.24, 2.45) is 5.73 Å². The third-order valence-electron chi connectivity index (χ3n) is 3.24. The van der Waals surface area contributed by atoms with Gasteiger partial charge in [0.15, 0.2) is 0 Å². The van der Waals surface area contributed by atoms with Gasteiger partial charge in [0.25, 0.3) is 0 Å². The summed E-state index contributed by atoms with van der Waals surface area (Å²) >= 11 is 0. The minimum absolute atomic E-state index is 0.114. The molecule has 0 saturated heterocycles. The summed E-state index contributed by atoms with van der Waals surface area (Å²) in [6.45, 7) is 0.341. The predicted molar refractivity (Wildman–Crippen MR) is 69.9 cm³/mol. The zero-order valence-corrected chi connectivity index (χ0v) is 10.4. The first-order chi connectivity index (χ1) is 9.17. The van der Waals surface area contributed by atoms with Crippen LogP contribution in [0, 0.1) is 0 Å². The van der Waals surface area contributed by atoms with Crippen molar-refractivity contribution in [1.82, 2.24) is 10.3 Å². The molecular formula is C14H15N3O2. The molecule has 0 unspecified atom stereocenters. The van der Waals surface area contributed by atoms with Crippen LogP contribution in [0.25, 0.3) is 11.5 Å². The Bertz CT molecular complexity index is 588. The molecule has 5 heteroatoms. The number of hydrogen-bond donors (Lipinski definition) is 2. The van der Waals surface area contributed by atoms with Gasteiger partial charge in [-0.3, -0.25) is 4.79 Å². The van der Waals surface area contributed by atoms with E-state index in [0.29, 0.717) is 18.1 Å². The summed E-state index contributed by atoms with van der Waals surface area (Å²) in [5.41, 5.74) is 6.75. The van der Waals surface area contributed by atoms with Gasteiger partial charge in [-0.25, -0.2) is 4.98 Å². The molecule has 98 valence electrons. The first-order valence-corrected chi connectivity index (χ1v) is 6.24. The normalized spacial score (nSPS) is 16.1. The van der Waals surface area contributed by atoms with E-state index in [1.54, 1.807) is 6.26 Å². The fourth-order valence-corrected chi connectivity index (χ4v) is 1.81. The summed E-state index contributed by atoms with van der Waals surface area (Å²) in [4.78, 5) is 16.0. The fourth-order valence-electron chi connectivity index (χ4n) is 1.81. The van der Waals surface area contributed by atoms with Gasteiger partial charge in [0, 0.05) is 5.56 Å². The first-order valence-electron chi connectivity index (χ1n) is 6.24. The van der Waals surface area contributed by atoms with E-state index >= 15 is 0 Å². The molecule has 1 amide bonds. The van der Waals surface area contributed by atoms with E-state index in [-0.39, 0.29) is 5.91 Å². The molecule has 1 aromatic carbocycles. The number of carbonyl (C=O) groups excluding carboxylic acids is 1. The van der Waals surface area contributed by atoms with Gasteiger partial charge in [-0.1, -0.05) is 18.2 Å². The van der Waals surface area contributed by atoms with Gasteiger partial charge in [-0.2, -0.15) is 0 Å². The minimum Gasteiger partial charge on any atom is -0.444 e. The van der Waals surface area contributed by atoms with Gasteiger partial charge >= 0.3 is 0 Å². The number of amides is 1. The highest BCUT2D eigenvalue weighted by atomic mass is 16.3. The maximum atomic E-state index is 11.7. The fraction of sp³-hybridized carbons (Fsp3) is 0.286. The molecule has 0 radical (unpaired) electrons. The Labute approximate surface area is 110 Å². The van der Waals surface area contributed by atoms with E-state index in [9.17, 15) is 4.79 Å². The van der Waals surface area contributed by atoms with Crippen molar-refractivity contribution in [2.75, 3.05) is 0 Å². The lowest BCUT2D eigenvalue weighted by Gasteiger charge is -2.07. The molecule has 19 heavy (non-hydrogen) atoms. The number of nitrogens with one attached hydrogen (secondary N) is 1. The summed E-state index contributed by atoms with van der Waals surface area (Å²) in [6.07, 6.45) is 3.07. The lowest BCUT2D eigenvalue weighted by molar-refractivity contribution is -0.123. The van der Waals surface area contributed by atoms with Gasteiger partial charge in [-0.05, 0) is 25.0 Å². The number of nitrogens with two attached hydrogens (primary N) is 1. The van der Waals surface area contributed by atoms with E-state index < -0.39 is 5.54 Å². The number of aromatic nitrogens is 1. The van der Waals surface area contributed by atoms with Crippen LogP contribution in [0.1, 0.15) is 18.5 Å². The number of rotatable bonds is 4. The summed E-state index contributed by atoms with van der Waals surface area (Å²) in [6, 6.07) is 9.63. The minimum atomic E-state index is -0.647. The Hall–Kier alpha value is -2.14. The summed E-state index contributed by atoms with van der Waals surface area (Å²) < 4.78 is 5.39. The molecular weight excluding hydrogens is 242 g/mol. The van der Waals surface area contributed by atoms with Crippen molar-refractivity contribution >= 4 is 5.91 Å². The van der Waals surface area contributed by atoms with E-state index in [2.05, 4.69) is 10.3 Å². The molecule has 0 spiro atoms. The molecule has 3 N–H and O–H groups in total. The van der Waals surface area contributed by atoms with Crippen LogP contribution in [0.5, 0.6) is 0 Å². The molecule has 1 heterocycles. The number of nitrogens with zero attached hydrogens (tertiary/aromatic N) is 1. The van der Waals surface area contributed by atoms with E-state index in [0.717, 1.165) is 18.4 Å². The molecule has 0 bridgehead atoms. The maximum absolute atomic E-state index is 11.7. The van der Waals surface area contributed by atoms with Crippen LogP contribution in [0.15, 0.2) is 41.0 Å². The predicted octanol–water partition coefficient (Wildman–Crippen LogP) is 1.45. The van der Waals surface area contributed by atoms with E-state index in [1.165, 1.54) is 0 Å². The second-order valence-electron chi connectivity index (χ2n) is 4.85. The molecule has 3 rings (SSSR count). The summed E-state index contributed by atoms with van der Waals surface area (Å²) in [5.74, 6) is 0.440. The molecule has 1 aliphatic rings. The summed E-state index contributed by atoms with van der Waals surface area (Å²) in [7, 11) is 0. The highest BCUT2D eigenvalue weighted by Crippen LogP contribution is 2.32. The van der Waals surface area contributed by atoms with Crippen LogP contribution in [-0.4, -0.2) is 16.4 Å². The maximum Gasteiger partial charge on any atom is 0.240 e. The van der Waals surface area contributed by atoms with Crippen molar-refractivity contribution in [3.63, 3.8) is 0 Å². The standard InChI is InChI=1S/C14H15N3O2/c15-14(6-7-14)13(18)16-8-11-9-19-12(17-11)10-4-2-1-3-5-10/h1-5,9H,6-8,15H2,(H,16,18). The number of benzene rings is 1. The molecule has 1 aromatic heterocycles. The average Bonchev–Trinajstić information content (AvgIpc) is 3.03. The Kier molecular flexibility index (Phi) is 2.83. The van der Waals surface area contributed by atoms with Crippen molar-refractivity contribution in [2.45, 2.75) is 24.9 Å². The first kappa shape index (κ1) is 11.9. The van der Waals surface area contributed by atoms with Crippen LogP contribution in [0.3, 0.4) is 0 Å². The van der Waals surface area contributed by atoms with Crippen LogP contribution in [0.2, 0.25) is 0 Å². The third kappa shape index (κ3) is 2.51. The SMILES string of the molecule is NC1(C(=O)NCc2coc(-c3ccccc3)n2)CC1. The Morgan fingerprint density at radius 2 is 2.11 bits per heavy atom. The molecule has 1 fully saturated rings. The number of carbonyl (C=O) groups is 1. The highest BCUT2D eigenvalue weighted by molar-refractivity contribution is 5.88. The molecule has 1 aliphatic carbocycles. The van der Waals surface area contributed by atoms with Crippen molar-refractivity contribution in [3.8, 4) is 11.5 Å². The zero-order chi connectivity index (χ0) is 13.3. The van der Waals surface area contributed by atoms with Crippen LogP contribution < -0.4 is 11.1 Å². The molecule has 0 aliphatic heterocycles. The largest absolute Gasteiger partial charge is 0.444 e. The Morgan fingerprint density at radius 1 is 1.37 bits per heavy atom. The average molecular weight is 257 g/mol. The lowest BCUT2D eigenvalue weighted by atomic mass is 10.2. The smallest absolute Gasteiger partial charge is 0.240 e. The van der Waals surface area contributed by atoms with E-state index in [4.69, 9.17) is 10.2 Å². The van der Waals surface area contributed by atoms with Crippen LogP contribution >= 0.6 is 0 Å². The molecule has 2 aromatic rings. The highest BCUT2D eigenvalue weighted by Gasteiger charge is 2.45. The second kappa shape index (κ2) is 4.51. The van der Waals surface area contributed by atoms with Crippen molar-refractivity contribution in [3.05, 3.63) is 42.3 Å². The van der Waals surface area contributed by atoms with Crippen molar-refractivity contribution in [1.29, 1.82) is 0 Å². The third-order valence-corrected chi connectivity index (χ3v) is 3.24.